The first-order valence-electron chi connectivity index (χ1n) is 10.8. The van der Waals surface area contributed by atoms with Crippen LogP contribution < -0.4 is 20.8 Å². The number of hydrogen-bond acceptors (Lipinski definition) is 10. The molecule has 5 N–H and O–H groups in total. The number of allylic oxidation sites excluding steroid dienone is 1. The number of thiocarbonyl (C=S) groups is 1. The zero-order chi connectivity index (χ0) is 27.1. The topological polar surface area (TPSA) is 185 Å². The normalized spacial score (nSPS) is 15.1. The fourth-order valence-corrected chi connectivity index (χ4v) is 3.71. The van der Waals surface area contributed by atoms with Crippen LogP contribution >= 0.6 is 12.2 Å². The molecular weight excluding hydrogens is 506 g/mol. The molecule has 13 nitrogen and oxygen atoms in total. The largest absolute Gasteiger partial charge is 0.507 e. The number of hydrogen-bond donors (Lipinski definition) is 5. The summed E-state index contributed by atoms with van der Waals surface area (Å²) in [4.78, 5) is 35.0. The number of carbonyl (C=O) groups is 2. The summed E-state index contributed by atoms with van der Waals surface area (Å²) in [6, 6.07) is 7.76. The van der Waals surface area contributed by atoms with Crippen LogP contribution in [0.1, 0.15) is 31.0 Å². The van der Waals surface area contributed by atoms with Gasteiger partial charge < -0.3 is 30.3 Å². The lowest BCUT2D eigenvalue weighted by atomic mass is 9.95. The van der Waals surface area contributed by atoms with E-state index in [9.17, 15) is 29.9 Å². The molecule has 194 valence electrons. The maximum atomic E-state index is 12.6. The molecule has 14 heteroatoms. The van der Waals surface area contributed by atoms with E-state index in [0.29, 0.717) is 27.7 Å². The molecule has 0 aliphatic carbocycles. The highest BCUT2D eigenvalue weighted by molar-refractivity contribution is 7.80. The van der Waals surface area contributed by atoms with Crippen LogP contribution in [0.5, 0.6) is 17.2 Å². The summed E-state index contributed by atoms with van der Waals surface area (Å²) >= 11 is 5.24. The third-order valence-electron chi connectivity index (χ3n) is 5.07. The van der Waals surface area contributed by atoms with E-state index < -0.39 is 46.6 Å². The number of nitro benzene ring substituents is 1. The van der Waals surface area contributed by atoms with Gasteiger partial charge in [-0.2, -0.15) is 5.10 Å². The number of aromatic hydroxyl groups is 2. The molecule has 1 atom stereocenters. The van der Waals surface area contributed by atoms with Gasteiger partial charge in [0.25, 0.3) is 5.91 Å². The van der Waals surface area contributed by atoms with Crippen molar-refractivity contribution in [2.24, 2.45) is 5.10 Å². The van der Waals surface area contributed by atoms with Crippen LogP contribution in [0.25, 0.3) is 0 Å². The monoisotopic (exact) mass is 529 g/mol. The van der Waals surface area contributed by atoms with Crippen LogP contribution in [0, 0.1) is 10.1 Å². The number of phenols is 2. The van der Waals surface area contributed by atoms with Crippen LogP contribution in [0.15, 0.2) is 52.8 Å². The maximum Gasteiger partial charge on any atom is 0.338 e. The Kier molecular flexibility index (Phi) is 8.58. The van der Waals surface area contributed by atoms with Crippen molar-refractivity contribution in [2.75, 3.05) is 13.2 Å². The Morgan fingerprint density at radius 3 is 2.70 bits per heavy atom. The van der Waals surface area contributed by atoms with E-state index in [4.69, 9.17) is 21.7 Å². The fraction of sp³-hybridized carbons (Fsp3) is 0.217. The number of esters is 1. The number of rotatable bonds is 9. The van der Waals surface area contributed by atoms with Crippen molar-refractivity contribution in [2.45, 2.75) is 19.9 Å². The molecule has 37 heavy (non-hydrogen) atoms. The number of phenolic OH excluding ortho intramolecular Hbond substituents is 2. The van der Waals surface area contributed by atoms with Crippen molar-refractivity contribution < 1.29 is 34.2 Å². The van der Waals surface area contributed by atoms with Crippen molar-refractivity contribution >= 4 is 41.1 Å². The van der Waals surface area contributed by atoms with Gasteiger partial charge in [0.15, 0.2) is 17.5 Å². The van der Waals surface area contributed by atoms with Gasteiger partial charge in [-0.3, -0.25) is 14.9 Å². The predicted octanol–water partition coefficient (Wildman–Crippen LogP) is 1.89. The molecule has 2 aromatic rings. The highest BCUT2D eigenvalue weighted by atomic mass is 32.1. The van der Waals surface area contributed by atoms with Gasteiger partial charge in [-0.05, 0) is 32.1 Å². The Morgan fingerprint density at radius 2 is 2.00 bits per heavy atom. The molecule has 0 radical (unpaired) electrons. The maximum absolute atomic E-state index is 12.6. The van der Waals surface area contributed by atoms with Gasteiger partial charge >= 0.3 is 11.7 Å². The molecule has 1 heterocycles. The first-order valence-corrected chi connectivity index (χ1v) is 11.2. The summed E-state index contributed by atoms with van der Waals surface area (Å²) < 4.78 is 10.9. The van der Waals surface area contributed by atoms with Crippen molar-refractivity contribution in [3.63, 3.8) is 0 Å². The zero-order valence-corrected chi connectivity index (χ0v) is 20.5. The minimum Gasteiger partial charge on any atom is -0.507 e. The Hall–Kier alpha value is -4.72. The van der Waals surface area contributed by atoms with E-state index in [1.165, 1.54) is 0 Å². The van der Waals surface area contributed by atoms with Crippen LogP contribution in [0.2, 0.25) is 0 Å². The molecule has 1 aliphatic rings. The van der Waals surface area contributed by atoms with E-state index in [2.05, 4.69) is 21.2 Å². The van der Waals surface area contributed by atoms with Gasteiger partial charge in [0.2, 0.25) is 0 Å². The lowest BCUT2D eigenvalue weighted by Crippen LogP contribution is -2.45. The first kappa shape index (κ1) is 26.9. The van der Waals surface area contributed by atoms with E-state index in [-0.39, 0.29) is 12.2 Å². The second-order valence-corrected chi connectivity index (χ2v) is 7.98. The van der Waals surface area contributed by atoms with E-state index in [0.717, 1.165) is 18.3 Å². The molecule has 0 spiro atoms. The Balaban J connectivity index is 1.73. The van der Waals surface area contributed by atoms with Gasteiger partial charge in [-0.1, -0.05) is 18.2 Å². The Bertz CT molecular complexity index is 1310. The molecule has 1 aliphatic heterocycles. The second kappa shape index (κ2) is 11.8. The summed E-state index contributed by atoms with van der Waals surface area (Å²) in [7, 11) is 0. The summed E-state index contributed by atoms with van der Waals surface area (Å²) in [5.41, 5.74) is 2.81. The quantitative estimate of drug-likeness (QED) is 0.105. The molecule has 3 rings (SSSR count). The minimum absolute atomic E-state index is 0.0994. The van der Waals surface area contributed by atoms with Gasteiger partial charge in [0.1, 0.15) is 11.5 Å². The van der Waals surface area contributed by atoms with Crippen molar-refractivity contribution in [3.05, 3.63) is 68.9 Å². The number of hydrazone groups is 1. The predicted molar refractivity (Wildman–Crippen MR) is 135 cm³/mol. The number of carbonyl (C=O) groups excluding carboxylic acids is 2. The van der Waals surface area contributed by atoms with Crippen molar-refractivity contribution in [1.82, 2.24) is 16.1 Å². The number of nitrogens with one attached hydrogen (secondary N) is 3. The molecule has 0 fully saturated rings. The van der Waals surface area contributed by atoms with Crippen LogP contribution in [0.3, 0.4) is 0 Å². The van der Waals surface area contributed by atoms with E-state index >= 15 is 0 Å². The molecular formula is C23H23N5O8S. The van der Waals surface area contributed by atoms with E-state index in [1.54, 1.807) is 38.1 Å². The highest BCUT2D eigenvalue weighted by Crippen LogP contribution is 2.34. The summed E-state index contributed by atoms with van der Waals surface area (Å²) in [5.74, 6) is -2.10. The molecule has 1 amide bonds. The number of nitro groups is 1. The van der Waals surface area contributed by atoms with Crippen LogP contribution in [0.4, 0.5) is 5.69 Å². The lowest BCUT2D eigenvalue weighted by molar-refractivity contribution is -0.385. The first-order chi connectivity index (χ1) is 17.6. The fourth-order valence-electron chi connectivity index (χ4n) is 3.44. The Morgan fingerprint density at radius 1 is 1.27 bits per heavy atom. The molecule has 0 saturated carbocycles. The van der Waals surface area contributed by atoms with E-state index in [1.807, 2.05) is 0 Å². The van der Waals surface area contributed by atoms with Gasteiger partial charge in [-0.15, -0.1) is 0 Å². The van der Waals surface area contributed by atoms with Crippen LogP contribution in [-0.2, 0) is 14.3 Å². The second-order valence-electron chi connectivity index (χ2n) is 7.57. The van der Waals surface area contributed by atoms with Crippen molar-refractivity contribution in [3.8, 4) is 17.2 Å². The number of ether oxygens (including phenoxy) is 2. The number of amides is 1. The number of nitrogens with zero attached hydrogens (tertiary/aromatic N) is 2. The molecule has 0 saturated heterocycles. The van der Waals surface area contributed by atoms with Gasteiger partial charge in [0, 0.05) is 29.0 Å². The molecule has 0 bridgehead atoms. The third-order valence-corrected chi connectivity index (χ3v) is 5.29. The lowest BCUT2D eigenvalue weighted by Gasteiger charge is -2.30. The Labute approximate surface area is 215 Å². The number of para-hydroxylation sites is 1. The average Bonchev–Trinajstić information content (AvgIpc) is 2.83. The van der Waals surface area contributed by atoms with Crippen molar-refractivity contribution in [1.29, 1.82) is 0 Å². The summed E-state index contributed by atoms with van der Waals surface area (Å²) in [6.45, 7) is 3.10. The summed E-state index contributed by atoms with van der Waals surface area (Å²) in [6.07, 6.45) is 0.979. The standard InChI is InChI=1S/C23H23N5O8S/c1-3-35-22(32)20-12(2)25-23(37)26-21(20)14-6-4-5-7-18(14)36-11-19(31)27-24-10-13-8-15(28(33)34)17(30)9-16(13)29/h4-10,21,29-30H,3,11H2,1-2H3,(H,27,31)(H2,25,26,37)/t21-/m0/s1. The number of benzene rings is 2. The highest BCUT2D eigenvalue weighted by Gasteiger charge is 2.32. The van der Waals surface area contributed by atoms with Crippen LogP contribution in [-0.4, -0.2) is 51.6 Å². The molecule has 0 aromatic heterocycles. The van der Waals surface area contributed by atoms with Gasteiger partial charge in [-0.25, -0.2) is 10.2 Å². The SMILES string of the molecule is CCOC(=O)C1=C(C)NC(=S)N[C@H]1c1ccccc1OCC(=O)NN=Cc1cc([N+](=O)[O-])c(O)cc1O. The van der Waals surface area contributed by atoms with Gasteiger partial charge in [0.05, 0.1) is 29.4 Å². The zero-order valence-electron chi connectivity index (χ0n) is 19.7. The summed E-state index contributed by atoms with van der Waals surface area (Å²) in [5, 5.41) is 40.2. The molecule has 0 unspecified atom stereocenters. The average molecular weight is 530 g/mol. The minimum atomic E-state index is -0.829. The smallest absolute Gasteiger partial charge is 0.338 e. The third kappa shape index (κ3) is 6.49. The molecule has 2 aromatic carbocycles.